The molecule has 0 spiro atoms. The van der Waals surface area contributed by atoms with Crippen molar-refractivity contribution in [1.29, 1.82) is 0 Å². The number of carbonyl (C=O) groups is 1. The van der Waals surface area contributed by atoms with Crippen molar-refractivity contribution in [2.45, 2.75) is 20.3 Å². The quantitative estimate of drug-likeness (QED) is 0.508. The van der Waals surface area contributed by atoms with Gasteiger partial charge in [-0.1, -0.05) is 25.6 Å². The number of rotatable bonds is 3. The number of ketones is 1. The van der Waals surface area contributed by atoms with Gasteiger partial charge in [-0.15, -0.1) is 0 Å². The van der Waals surface area contributed by atoms with Crippen LogP contribution in [0.2, 0.25) is 0 Å². The molecule has 0 radical (unpaired) electrons. The normalized spacial score (nSPS) is 9.69. The Kier molecular flexibility index (Phi) is 3.02. The van der Waals surface area contributed by atoms with Crippen LogP contribution in [0.4, 0.5) is 0 Å². The lowest BCUT2D eigenvalue weighted by Crippen LogP contribution is -1.98. The SMILES string of the molecule is C=CC(=O)c1cc(CC)ccc1C. The average Bonchev–Trinajstić information content (AvgIpc) is 2.17. The van der Waals surface area contributed by atoms with E-state index in [0.29, 0.717) is 0 Å². The van der Waals surface area contributed by atoms with Gasteiger partial charge in [-0.25, -0.2) is 0 Å². The molecule has 68 valence electrons. The molecule has 1 rings (SSSR count). The molecule has 1 nitrogen and oxygen atoms in total. The maximum absolute atomic E-state index is 11.4. The van der Waals surface area contributed by atoms with E-state index in [1.165, 1.54) is 11.6 Å². The summed E-state index contributed by atoms with van der Waals surface area (Å²) in [5.41, 5.74) is 2.98. The minimum atomic E-state index is 0.00722. The van der Waals surface area contributed by atoms with E-state index in [2.05, 4.69) is 19.6 Å². The zero-order chi connectivity index (χ0) is 9.84. The molecule has 0 fully saturated rings. The second kappa shape index (κ2) is 4.04. The molecule has 0 saturated heterocycles. The predicted molar refractivity (Wildman–Crippen MR) is 55.1 cm³/mol. The van der Waals surface area contributed by atoms with Crippen molar-refractivity contribution in [1.82, 2.24) is 0 Å². The Hall–Kier alpha value is -1.37. The summed E-state index contributed by atoms with van der Waals surface area (Å²) < 4.78 is 0. The molecule has 0 heterocycles. The predicted octanol–water partition coefficient (Wildman–Crippen LogP) is 2.93. The Labute approximate surface area is 79.1 Å². The van der Waals surface area contributed by atoms with Crippen LogP contribution >= 0.6 is 0 Å². The third-order valence-electron chi connectivity index (χ3n) is 2.16. The van der Waals surface area contributed by atoms with Crippen molar-refractivity contribution in [2.75, 3.05) is 0 Å². The molecular formula is C12H14O. The molecule has 0 atom stereocenters. The highest BCUT2D eigenvalue weighted by Gasteiger charge is 2.05. The summed E-state index contributed by atoms with van der Waals surface area (Å²) in [4.78, 5) is 11.4. The van der Waals surface area contributed by atoms with Gasteiger partial charge in [0.2, 0.25) is 0 Å². The first-order valence-corrected chi connectivity index (χ1v) is 4.45. The zero-order valence-electron chi connectivity index (χ0n) is 8.13. The smallest absolute Gasteiger partial charge is 0.185 e. The van der Waals surface area contributed by atoms with Gasteiger partial charge in [0, 0.05) is 5.56 Å². The maximum Gasteiger partial charge on any atom is 0.185 e. The molecule has 0 amide bonds. The first-order chi connectivity index (χ1) is 6.19. The summed E-state index contributed by atoms with van der Waals surface area (Å²) in [7, 11) is 0. The zero-order valence-corrected chi connectivity index (χ0v) is 8.13. The van der Waals surface area contributed by atoms with Crippen LogP contribution in [0.5, 0.6) is 0 Å². The summed E-state index contributed by atoms with van der Waals surface area (Å²) in [6.45, 7) is 7.50. The van der Waals surface area contributed by atoms with Gasteiger partial charge in [0.05, 0.1) is 0 Å². The van der Waals surface area contributed by atoms with Crippen LogP contribution in [0.15, 0.2) is 30.9 Å². The van der Waals surface area contributed by atoms with Gasteiger partial charge >= 0.3 is 0 Å². The lowest BCUT2D eigenvalue weighted by molar-refractivity contribution is 0.104. The average molecular weight is 174 g/mol. The highest BCUT2D eigenvalue weighted by atomic mass is 16.1. The summed E-state index contributed by atoms with van der Waals surface area (Å²) in [6.07, 6.45) is 2.32. The molecule has 0 aliphatic heterocycles. The maximum atomic E-state index is 11.4. The van der Waals surface area contributed by atoms with E-state index in [4.69, 9.17) is 0 Å². The first kappa shape index (κ1) is 9.72. The van der Waals surface area contributed by atoms with Gasteiger partial charge in [0.1, 0.15) is 0 Å². The van der Waals surface area contributed by atoms with E-state index in [9.17, 15) is 4.79 Å². The van der Waals surface area contributed by atoms with E-state index in [-0.39, 0.29) is 5.78 Å². The summed E-state index contributed by atoms with van der Waals surface area (Å²) >= 11 is 0. The van der Waals surface area contributed by atoms with E-state index in [1.807, 2.05) is 19.1 Å². The third kappa shape index (κ3) is 2.05. The highest BCUT2D eigenvalue weighted by molar-refractivity contribution is 6.05. The fourth-order valence-corrected chi connectivity index (χ4v) is 1.26. The molecular weight excluding hydrogens is 160 g/mol. The van der Waals surface area contributed by atoms with Crippen LogP contribution in [0.25, 0.3) is 0 Å². The molecule has 0 bridgehead atoms. The number of benzene rings is 1. The van der Waals surface area contributed by atoms with Crippen LogP contribution in [0, 0.1) is 6.92 Å². The Morgan fingerprint density at radius 2 is 2.23 bits per heavy atom. The van der Waals surface area contributed by atoms with Gasteiger partial charge in [0.15, 0.2) is 5.78 Å². The van der Waals surface area contributed by atoms with Crippen molar-refractivity contribution >= 4 is 5.78 Å². The number of allylic oxidation sites excluding steroid dienone is 1. The van der Waals surface area contributed by atoms with Gasteiger partial charge < -0.3 is 0 Å². The van der Waals surface area contributed by atoms with E-state index in [1.54, 1.807) is 0 Å². The van der Waals surface area contributed by atoms with Crippen molar-refractivity contribution in [3.8, 4) is 0 Å². The number of aryl methyl sites for hydroxylation is 2. The van der Waals surface area contributed by atoms with E-state index < -0.39 is 0 Å². The molecule has 1 aromatic rings. The van der Waals surface area contributed by atoms with E-state index in [0.717, 1.165) is 17.5 Å². The molecule has 0 aromatic heterocycles. The Bertz CT molecular complexity index is 337. The molecule has 0 N–H and O–H groups in total. The second-order valence-electron chi connectivity index (χ2n) is 3.07. The second-order valence-corrected chi connectivity index (χ2v) is 3.07. The van der Waals surface area contributed by atoms with Gasteiger partial charge in [-0.2, -0.15) is 0 Å². The minimum absolute atomic E-state index is 0.00722. The highest BCUT2D eigenvalue weighted by Crippen LogP contribution is 2.12. The van der Waals surface area contributed by atoms with Crippen LogP contribution in [0.1, 0.15) is 28.4 Å². The Balaban J connectivity index is 3.18. The lowest BCUT2D eigenvalue weighted by Gasteiger charge is -2.04. The fraction of sp³-hybridized carbons (Fsp3) is 0.250. The molecule has 0 aliphatic rings. The number of hydrogen-bond acceptors (Lipinski definition) is 1. The number of hydrogen-bond donors (Lipinski definition) is 0. The van der Waals surface area contributed by atoms with Gasteiger partial charge in [-0.05, 0) is 36.6 Å². The van der Waals surface area contributed by atoms with Gasteiger partial charge in [0.25, 0.3) is 0 Å². The van der Waals surface area contributed by atoms with Gasteiger partial charge in [-0.3, -0.25) is 4.79 Å². The molecule has 13 heavy (non-hydrogen) atoms. The van der Waals surface area contributed by atoms with Crippen LogP contribution in [0.3, 0.4) is 0 Å². The van der Waals surface area contributed by atoms with E-state index >= 15 is 0 Å². The fourth-order valence-electron chi connectivity index (χ4n) is 1.26. The number of carbonyl (C=O) groups excluding carboxylic acids is 1. The van der Waals surface area contributed by atoms with Crippen molar-refractivity contribution in [2.24, 2.45) is 0 Å². The van der Waals surface area contributed by atoms with Crippen LogP contribution < -0.4 is 0 Å². The Morgan fingerprint density at radius 3 is 2.77 bits per heavy atom. The monoisotopic (exact) mass is 174 g/mol. The van der Waals surface area contributed by atoms with Crippen LogP contribution in [-0.2, 0) is 6.42 Å². The van der Waals surface area contributed by atoms with Crippen molar-refractivity contribution < 1.29 is 4.79 Å². The molecule has 0 unspecified atom stereocenters. The summed E-state index contributed by atoms with van der Waals surface area (Å²) in [5.74, 6) is 0.00722. The molecule has 1 aromatic carbocycles. The summed E-state index contributed by atoms with van der Waals surface area (Å²) in [5, 5.41) is 0. The molecule has 0 aliphatic carbocycles. The topological polar surface area (TPSA) is 17.1 Å². The summed E-state index contributed by atoms with van der Waals surface area (Å²) in [6, 6.07) is 5.98. The molecule has 1 heteroatoms. The Morgan fingerprint density at radius 1 is 1.54 bits per heavy atom. The van der Waals surface area contributed by atoms with Crippen molar-refractivity contribution in [3.05, 3.63) is 47.5 Å². The van der Waals surface area contributed by atoms with Crippen LogP contribution in [-0.4, -0.2) is 5.78 Å². The molecule has 0 saturated carbocycles. The van der Waals surface area contributed by atoms with Crippen molar-refractivity contribution in [3.63, 3.8) is 0 Å². The third-order valence-corrected chi connectivity index (χ3v) is 2.16. The first-order valence-electron chi connectivity index (χ1n) is 4.45. The lowest BCUT2D eigenvalue weighted by atomic mass is 10.0. The minimum Gasteiger partial charge on any atom is -0.289 e. The standard InChI is InChI=1S/C12H14O/c1-4-10-7-6-9(3)11(8-10)12(13)5-2/h5-8H,2,4H2,1,3H3. The largest absolute Gasteiger partial charge is 0.289 e.